The van der Waals surface area contributed by atoms with Gasteiger partial charge < -0.3 is 20.8 Å². The minimum absolute atomic E-state index is 0.0665. The molecule has 5 rings (SSSR count). The van der Waals surface area contributed by atoms with E-state index >= 15 is 0 Å². The summed E-state index contributed by atoms with van der Waals surface area (Å²) in [7, 11) is 0. The Morgan fingerprint density at radius 3 is 2.35 bits per heavy atom. The molecule has 11 heteroatoms. The molecule has 1 aromatic heterocycles. The number of nitrogens with two attached hydrogens (primary N) is 1. The molecule has 0 spiro atoms. The highest BCUT2D eigenvalue weighted by atomic mass is 19.1. The van der Waals surface area contributed by atoms with E-state index in [1.807, 2.05) is 6.07 Å². The Kier molecular flexibility index (Phi) is 7.32. The van der Waals surface area contributed by atoms with Crippen molar-refractivity contribution < 1.29 is 31.9 Å². The van der Waals surface area contributed by atoms with Gasteiger partial charge in [-0.1, -0.05) is 6.07 Å². The van der Waals surface area contributed by atoms with Crippen molar-refractivity contribution in [2.24, 2.45) is 0 Å². The second-order valence-electron chi connectivity index (χ2n) is 8.32. The third-order valence-corrected chi connectivity index (χ3v) is 5.52. The lowest BCUT2D eigenvalue weighted by Gasteiger charge is -2.15. The van der Waals surface area contributed by atoms with Crippen LogP contribution in [0, 0.1) is 23.3 Å². The first-order valence-corrected chi connectivity index (χ1v) is 11.1. The molecular weight excluding hydrogens is 492 g/mol. The zero-order valence-electron chi connectivity index (χ0n) is 19.5. The highest BCUT2D eigenvalue weighted by Crippen LogP contribution is 2.33. The van der Waals surface area contributed by atoms with Crippen LogP contribution in [0.2, 0.25) is 0 Å². The number of hydrogen-bond acceptors (Lipinski definition) is 4. The van der Waals surface area contributed by atoms with E-state index in [2.05, 4.69) is 10.3 Å². The molecule has 0 radical (unpaired) electrons. The fourth-order valence-corrected chi connectivity index (χ4v) is 3.87. The molecule has 1 saturated heterocycles. The Morgan fingerprint density at radius 1 is 1.05 bits per heavy atom. The van der Waals surface area contributed by atoms with Gasteiger partial charge in [-0.3, -0.25) is 9.69 Å². The molecule has 2 heterocycles. The molecule has 3 aromatic carbocycles. The van der Waals surface area contributed by atoms with E-state index in [0.717, 1.165) is 46.1 Å². The topological polar surface area (TPSA) is 100 Å². The fraction of sp³-hybridized carbons (Fsp3) is 0.154. The molecular formula is C26H22F4N4O3. The van der Waals surface area contributed by atoms with Crippen molar-refractivity contribution in [3.05, 3.63) is 84.1 Å². The first-order chi connectivity index (χ1) is 17.6. The van der Waals surface area contributed by atoms with Crippen molar-refractivity contribution in [3.63, 3.8) is 0 Å². The van der Waals surface area contributed by atoms with Gasteiger partial charge in [0.2, 0.25) is 5.91 Å². The summed E-state index contributed by atoms with van der Waals surface area (Å²) in [5.41, 5.74) is 6.36. The summed E-state index contributed by atoms with van der Waals surface area (Å²) in [5.74, 6) is -3.10. The number of carbonyl (C=O) groups excluding carboxylic acids is 2. The van der Waals surface area contributed by atoms with Gasteiger partial charge in [0.05, 0.1) is 24.3 Å². The molecule has 1 unspecified atom stereocenters. The Bertz CT molecular complexity index is 1400. The SMILES string of the molecule is CC(=O)NCC1CN(c2cc(F)c(-c3ccc4[nH]ccc4c3)c(F)c2)C(=O)O1.Nc1cc(F)cc(F)c1. The number of nitrogens with zero attached hydrogens (tertiary/aromatic N) is 1. The van der Waals surface area contributed by atoms with Crippen LogP contribution in [0.15, 0.2) is 60.8 Å². The smallest absolute Gasteiger partial charge is 0.414 e. The molecule has 1 atom stereocenters. The Morgan fingerprint density at radius 2 is 1.73 bits per heavy atom. The molecule has 4 N–H and O–H groups in total. The second-order valence-corrected chi connectivity index (χ2v) is 8.32. The van der Waals surface area contributed by atoms with Crippen molar-refractivity contribution in [1.29, 1.82) is 0 Å². The van der Waals surface area contributed by atoms with Crippen LogP contribution in [0.1, 0.15) is 6.92 Å². The number of hydrogen-bond donors (Lipinski definition) is 3. The molecule has 1 aliphatic heterocycles. The molecule has 1 fully saturated rings. The van der Waals surface area contributed by atoms with E-state index in [-0.39, 0.29) is 35.9 Å². The van der Waals surface area contributed by atoms with E-state index in [1.165, 1.54) is 6.92 Å². The molecule has 0 aliphatic carbocycles. The summed E-state index contributed by atoms with van der Waals surface area (Å²) in [5, 5.41) is 3.39. The minimum atomic E-state index is -0.775. The third kappa shape index (κ3) is 6.00. The summed E-state index contributed by atoms with van der Waals surface area (Å²) in [6.45, 7) is 1.58. The number of aromatic nitrogens is 1. The highest BCUT2D eigenvalue weighted by molar-refractivity contribution is 5.91. The van der Waals surface area contributed by atoms with Gasteiger partial charge in [-0.25, -0.2) is 22.4 Å². The standard InChI is InChI=1S/C20H17F2N3O3.C6H5F2N/c1-11(26)24-9-15-10-25(20(27)28-15)14-7-16(21)19(17(22)8-14)13-2-3-18-12(6-13)4-5-23-18;7-4-1-5(8)3-6(9)2-4/h2-8,15,23H,9-10H2,1H3,(H,24,26);1-3H,9H2. The Balaban J connectivity index is 0.000000301. The van der Waals surface area contributed by atoms with E-state index < -0.39 is 35.5 Å². The Hall–Kier alpha value is -4.54. The number of aromatic amines is 1. The molecule has 0 bridgehead atoms. The van der Waals surface area contributed by atoms with Gasteiger partial charge in [0.15, 0.2) is 0 Å². The first kappa shape index (κ1) is 25.5. The molecule has 4 aromatic rings. The van der Waals surface area contributed by atoms with Crippen LogP contribution in [-0.4, -0.2) is 36.2 Å². The minimum Gasteiger partial charge on any atom is -0.442 e. The van der Waals surface area contributed by atoms with Crippen LogP contribution in [-0.2, 0) is 9.53 Å². The van der Waals surface area contributed by atoms with E-state index in [1.54, 1.807) is 24.4 Å². The number of anilines is 2. The number of amides is 2. The maximum Gasteiger partial charge on any atom is 0.414 e. The summed E-state index contributed by atoms with van der Waals surface area (Å²) in [6, 6.07) is 12.0. The number of benzene rings is 3. The molecule has 1 aliphatic rings. The quantitative estimate of drug-likeness (QED) is 0.260. The van der Waals surface area contributed by atoms with Gasteiger partial charge in [-0.05, 0) is 53.4 Å². The maximum absolute atomic E-state index is 14.8. The monoisotopic (exact) mass is 514 g/mol. The molecule has 0 saturated carbocycles. The third-order valence-electron chi connectivity index (χ3n) is 5.52. The lowest BCUT2D eigenvalue weighted by atomic mass is 10.0. The lowest BCUT2D eigenvalue weighted by molar-refractivity contribution is -0.119. The number of H-pyrrole nitrogens is 1. The maximum atomic E-state index is 14.8. The van der Waals surface area contributed by atoms with Crippen molar-refractivity contribution in [1.82, 2.24) is 10.3 Å². The predicted molar refractivity (Wildman–Crippen MR) is 131 cm³/mol. The number of rotatable bonds is 4. The average molecular weight is 514 g/mol. The van der Waals surface area contributed by atoms with Gasteiger partial charge in [-0.2, -0.15) is 0 Å². The average Bonchev–Trinajstić information content (AvgIpc) is 3.42. The molecule has 192 valence electrons. The van der Waals surface area contributed by atoms with Crippen LogP contribution in [0.4, 0.5) is 33.7 Å². The van der Waals surface area contributed by atoms with Crippen molar-refractivity contribution >= 4 is 34.3 Å². The van der Waals surface area contributed by atoms with Crippen LogP contribution in [0.25, 0.3) is 22.0 Å². The summed E-state index contributed by atoms with van der Waals surface area (Å²) in [6.07, 6.45) is 0.453. The highest BCUT2D eigenvalue weighted by Gasteiger charge is 2.33. The summed E-state index contributed by atoms with van der Waals surface area (Å²) < 4.78 is 58.9. The number of nitrogen functional groups attached to an aromatic ring is 1. The molecule has 37 heavy (non-hydrogen) atoms. The Labute approximate surface area is 208 Å². The van der Waals surface area contributed by atoms with Gasteiger partial charge in [0.1, 0.15) is 29.4 Å². The number of ether oxygens (including phenoxy) is 1. The van der Waals surface area contributed by atoms with Crippen molar-refractivity contribution in [2.45, 2.75) is 13.0 Å². The van der Waals surface area contributed by atoms with Crippen molar-refractivity contribution in [2.75, 3.05) is 23.7 Å². The number of nitrogens with one attached hydrogen (secondary N) is 2. The number of cyclic esters (lactones) is 1. The van der Waals surface area contributed by atoms with E-state index in [9.17, 15) is 27.2 Å². The van der Waals surface area contributed by atoms with Gasteiger partial charge in [0, 0.05) is 30.4 Å². The zero-order chi connectivity index (χ0) is 26.7. The predicted octanol–water partition coefficient (Wildman–Crippen LogP) is 5.12. The van der Waals surface area contributed by atoms with Crippen LogP contribution < -0.4 is 16.0 Å². The normalized spacial score (nSPS) is 14.8. The van der Waals surface area contributed by atoms with Crippen LogP contribution in [0.3, 0.4) is 0 Å². The van der Waals surface area contributed by atoms with E-state index in [0.29, 0.717) is 5.56 Å². The van der Waals surface area contributed by atoms with Crippen molar-refractivity contribution in [3.8, 4) is 11.1 Å². The number of fused-ring (bicyclic) bond motifs is 1. The van der Waals surface area contributed by atoms with Crippen LogP contribution in [0.5, 0.6) is 0 Å². The number of halogens is 4. The van der Waals surface area contributed by atoms with Gasteiger partial charge in [0.25, 0.3) is 0 Å². The first-order valence-electron chi connectivity index (χ1n) is 11.1. The van der Waals surface area contributed by atoms with Crippen LogP contribution >= 0.6 is 0 Å². The van der Waals surface area contributed by atoms with Gasteiger partial charge >= 0.3 is 6.09 Å². The number of carbonyl (C=O) groups is 2. The summed E-state index contributed by atoms with van der Waals surface area (Å²) in [4.78, 5) is 27.2. The molecule has 2 amide bonds. The largest absolute Gasteiger partial charge is 0.442 e. The fourth-order valence-electron chi connectivity index (χ4n) is 3.87. The lowest BCUT2D eigenvalue weighted by Crippen LogP contribution is -2.33. The second kappa shape index (κ2) is 10.6. The zero-order valence-corrected chi connectivity index (χ0v) is 19.5. The summed E-state index contributed by atoms with van der Waals surface area (Å²) >= 11 is 0. The van der Waals surface area contributed by atoms with E-state index in [4.69, 9.17) is 10.5 Å². The van der Waals surface area contributed by atoms with Gasteiger partial charge in [-0.15, -0.1) is 0 Å². The molecule has 7 nitrogen and oxygen atoms in total.